The van der Waals surface area contributed by atoms with E-state index in [-0.39, 0.29) is 12.1 Å². The van der Waals surface area contributed by atoms with Gasteiger partial charge in [0.05, 0.1) is 17.8 Å². The highest BCUT2D eigenvalue weighted by atomic mass is 16.5. The largest absolute Gasteiger partial charge is 0.392 e. The Labute approximate surface area is 98.5 Å². The van der Waals surface area contributed by atoms with E-state index in [0.717, 1.165) is 17.1 Å². The lowest BCUT2D eigenvalue weighted by Crippen LogP contribution is -2.14. The Morgan fingerprint density at radius 3 is 3.00 bits per heavy atom. The van der Waals surface area contributed by atoms with Crippen LogP contribution in [-0.4, -0.2) is 27.9 Å². The van der Waals surface area contributed by atoms with E-state index >= 15 is 0 Å². The maximum absolute atomic E-state index is 9.45. The van der Waals surface area contributed by atoms with Gasteiger partial charge < -0.3 is 14.9 Å². The molecule has 5 nitrogen and oxygen atoms in total. The van der Waals surface area contributed by atoms with Crippen LogP contribution in [0.3, 0.4) is 0 Å². The van der Waals surface area contributed by atoms with E-state index in [1.54, 1.807) is 6.20 Å². The summed E-state index contributed by atoms with van der Waals surface area (Å²) in [6, 6.07) is 7.58. The number of rotatable bonds is 2. The molecule has 3 rings (SSSR count). The van der Waals surface area contributed by atoms with Crippen molar-refractivity contribution in [1.82, 2.24) is 15.5 Å². The minimum Gasteiger partial charge on any atom is -0.392 e. The van der Waals surface area contributed by atoms with E-state index in [4.69, 9.17) is 4.52 Å². The van der Waals surface area contributed by atoms with Gasteiger partial charge in [0.2, 0.25) is 0 Å². The Morgan fingerprint density at radius 1 is 1.35 bits per heavy atom. The first-order valence-corrected chi connectivity index (χ1v) is 5.62. The second-order valence-electron chi connectivity index (χ2n) is 4.18. The summed E-state index contributed by atoms with van der Waals surface area (Å²) >= 11 is 0. The van der Waals surface area contributed by atoms with Gasteiger partial charge >= 0.3 is 0 Å². The predicted molar refractivity (Wildman–Crippen MR) is 61.1 cm³/mol. The second kappa shape index (κ2) is 4.27. The molecule has 1 aliphatic rings. The Hall–Kier alpha value is -1.72. The van der Waals surface area contributed by atoms with E-state index in [1.165, 1.54) is 0 Å². The first-order valence-electron chi connectivity index (χ1n) is 5.62. The van der Waals surface area contributed by atoms with Crippen LogP contribution in [0, 0.1) is 0 Å². The molecule has 1 fully saturated rings. The van der Waals surface area contributed by atoms with E-state index in [2.05, 4.69) is 15.5 Å². The van der Waals surface area contributed by atoms with Crippen LogP contribution in [0.5, 0.6) is 0 Å². The molecule has 0 aliphatic carbocycles. The molecule has 2 atom stereocenters. The van der Waals surface area contributed by atoms with Crippen molar-refractivity contribution >= 4 is 0 Å². The van der Waals surface area contributed by atoms with Gasteiger partial charge in [-0.1, -0.05) is 11.2 Å². The molecule has 0 unspecified atom stereocenters. The number of nitrogens with zero attached hydrogens (tertiary/aromatic N) is 2. The fourth-order valence-electron chi connectivity index (χ4n) is 2.02. The molecule has 2 aromatic rings. The zero-order chi connectivity index (χ0) is 11.7. The summed E-state index contributed by atoms with van der Waals surface area (Å²) in [4.78, 5) is 4.21. The third kappa shape index (κ3) is 2.07. The summed E-state index contributed by atoms with van der Waals surface area (Å²) in [5.41, 5.74) is 1.52. The summed E-state index contributed by atoms with van der Waals surface area (Å²) in [5, 5.41) is 16.6. The van der Waals surface area contributed by atoms with Crippen molar-refractivity contribution in [2.75, 3.05) is 6.54 Å². The van der Waals surface area contributed by atoms with Crippen LogP contribution >= 0.6 is 0 Å². The normalized spacial score (nSPS) is 24.1. The molecule has 3 heterocycles. The highest BCUT2D eigenvalue weighted by Crippen LogP contribution is 2.26. The standard InChI is InChI=1S/C12H13N3O2/c16-8-5-11(14-7-8)12-6-10(15-17-12)9-3-1-2-4-13-9/h1-4,6,8,11,14,16H,5,7H2/t8-,11-/m0/s1. The lowest BCUT2D eigenvalue weighted by atomic mass is 10.1. The van der Waals surface area contributed by atoms with E-state index in [1.807, 2.05) is 24.3 Å². The molecule has 0 amide bonds. The summed E-state index contributed by atoms with van der Waals surface area (Å²) in [7, 11) is 0. The average molecular weight is 231 g/mol. The smallest absolute Gasteiger partial charge is 0.154 e. The van der Waals surface area contributed by atoms with Gasteiger partial charge in [-0.25, -0.2) is 0 Å². The molecular weight excluding hydrogens is 218 g/mol. The molecule has 17 heavy (non-hydrogen) atoms. The molecule has 88 valence electrons. The van der Waals surface area contributed by atoms with Gasteiger partial charge in [-0.3, -0.25) is 4.98 Å². The van der Waals surface area contributed by atoms with Crippen LogP contribution in [-0.2, 0) is 0 Å². The first kappa shape index (κ1) is 10.4. The SMILES string of the molecule is O[C@@H]1CN[C@H](c2cc(-c3ccccn3)no2)C1. The number of hydrogen-bond acceptors (Lipinski definition) is 5. The van der Waals surface area contributed by atoms with Crippen LogP contribution < -0.4 is 5.32 Å². The van der Waals surface area contributed by atoms with Gasteiger partial charge in [-0.05, 0) is 18.6 Å². The molecule has 5 heteroatoms. The number of aromatic nitrogens is 2. The summed E-state index contributed by atoms with van der Waals surface area (Å²) in [5.74, 6) is 0.752. The lowest BCUT2D eigenvalue weighted by Gasteiger charge is -2.02. The monoisotopic (exact) mass is 231 g/mol. The van der Waals surface area contributed by atoms with Crippen LogP contribution in [0.15, 0.2) is 35.0 Å². The zero-order valence-corrected chi connectivity index (χ0v) is 9.21. The van der Waals surface area contributed by atoms with Gasteiger partial charge in [0.25, 0.3) is 0 Å². The Morgan fingerprint density at radius 2 is 2.29 bits per heavy atom. The highest BCUT2D eigenvalue weighted by molar-refractivity contribution is 5.53. The molecule has 0 aromatic carbocycles. The number of nitrogens with one attached hydrogen (secondary N) is 1. The third-order valence-electron chi connectivity index (χ3n) is 2.91. The van der Waals surface area contributed by atoms with Crippen molar-refractivity contribution in [3.8, 4) is 11.4 Å². The molecular formula is C12H13N3O2. The van der Waals surface area contributed by atoms with Gasteiger partial charge in [0, 0.05) is 18.8 Å². The van der Waals surface area contributed by atoms with Crippen molar-refractivity contribution in [3.63, 3.8) is 0 Å². The zero-order valence-electron chi connectivity index (χ0n) is 9.21. The first-order chi connectivity index (χ1) is 8.33. The quantitative estimate of drug-likeness (QED) is 0.810. The molecule has 2 aromatic heterocycles. The van der Waals surface area contributed by atoms with Crippen molar-refractivity contribution < 1.29 is 9.63 Å². The van der Waals surface area contributed by atoms with E-state index in [0.29, 0.717) is 13.0 Å². The van der Waals surface area contributed by atoms with Crippen molar-refractivity contribution in [2.45, 2.75) is 18.6 Å². The van der Waals surface area contributed by atoms with Gasteiger partial charge in [0.1, 0.15) is 5.69 Å². The molecule has 0 radical (unpaired) electrons. The minimum absolute atomic E-state index is 0.0509. The Balaban J connectivity index is 1.84. The summed E-state index contributed by atoms with van der Waals surface area (Å²) < 4.78 is 5.29. The molecule has 2 N–H and O–H groups in total. The third-order valence-corrected chi connectivity index (χ3v) is 2.91. The Kier molecular flexibility index (Phi) is 2.62. The van der Waals surface area contributed by atoms with Crippen LogP contribution in [0.25, 0.3) is 11.4 Å². The number of β-amino-alcohol motifs (C(OH)–C–C–N with tert-alkyl or cyclic N) is 1. The van der Waals surface area contributed by atoms with E-state index < -0.39 is 0 Å². The molecule has 0 spiro atoms. The average Bonchev–Trinajstić information content (AvgIpc) is 2.98. The maximum atomic E-state index is 9.45. The second-order valence-corrected chi connectivity index (χ2v) is 4.18. The molecule has 1 aliphatic heterocycles. The summed E-state index contributed by atoms with van der Waals surface area (Å²) in [6.45, 7) is 0.601. The number of hydrogen-bond donors (Lipinski definition) is 2. The lowest BCUT2D eigenvalue weighted by molar-refractivity contribution is 0.191. The number of pyridine rings is 1. The van der Waals surface area contributed by atoms with Crippen LogP contribution in [0.1, 0.15) is 18.2 Å². The maximum Gasteiger partial charge on any atom is 0.154 e. The molecule has 0 bridgehead atoms. The van der Waals surface area contributed by atoms with Crippen LogP contribution in [0.2, 0.25) is 0 Å². The predicted octanol–water partition coefficient (Wildman–Crippen LogP) is 1.13. The fourth-order valence-corrected chi connectivity index (χ4v) is 2.02. The Bertz CT molecular complexity index is 497. The van der Waals surface area contributed by atoms with E-state index in [9.17, 15) is 5.11 Å². The van der Waals surface area contributed by atoms with Crippen molar-refractivity contribution in [3.05, 3.63) is 36.2 Å². The van der Waals surface area contributed by atoms with Crippen LogP contribution in [0.4, 0.5) is 0 Å². The van der Waals surface area contributed by atoms with Gasteiger partial charge in [-0.15, -0.1) is 0 Å². The number of aliphatic hydroxyl groups excluding tert-OH is 1. The molecule has 0 saturated carbocycles. The van der Waals surface area contributed by atoms with Crippen molar-refractivity contribution in [1.29, 1.82) is 0 Å². The molecule has 1 saturated heterocycles. The number of aliphatic hydroxyl groups is 1. The van der Waals surface area contributed by atoms with Crippen molar-refractivity contribution in [2.24, 2.45) is 0 Å². The summed E-state index contributed by atoms with van der Waals surface area (Å²) in [6.07, 6.45) is 2.08. The topological polar surface area (TPSA) is 71.2 Å². The van der Waals surface area contributed by atoms with Gasteiger partial charge in [0.15, 0.2) is 5.76 Å². The highest BCUT2D eigenvalue weighted by Gasteiger charge is 2.26. The minimum atomic E-state index is -0.302. The fraction of sp³-hybridized carbons (Fsp3) is 0.333. The van der Waals surface area contributed by atoms with Gasteiger partial charge in [-0.2, -0.15) is 0 Å².